The first-order valence-corrected chi connectivity index (χ1v) is 14.1. The van der Waals surface area contributed by atoms with E-state index in [1.165, 1.54) is 9.21 Å². The first-order chi connectivity index (χ1) is 16.4. The third-order valence-corrected chi connectivity index (χ3v) is 7.55. The number of anilines is 1. The molecule has 2 aromatic rings. The maximum atomic E-state index is 13.3. The molecule has 7 nitrogen and oxygen atoms in total. The monoisotopic (exact) mass is 541 g/mol. The van der Waals surface area contributed by atoms with Gasteiger partial charge in [0, 0.05) is 35.6 Å². The Bertz CT molecular complexity index is 1110. The number of halogens is 2. The van der Waals surface area contributed by atoms with E-state index in [1.807, 2.05) is 26.0 Å². The molecule has 0 fully saturated rings. The third kappa shape index (κ3) is 8.70. The molecule has 0 saturated heterocycles. The van der Waals surface area contributed by atoms with Crippen molar-refractivity contribution in [2.24, 2.45) is 0 Å². The number of nitrogens with one attached hydrogen (secondary N) is 1. The van der Waals surface area contributed by atoms with Gasteiger partial charge in [-0.15, -0.1) is 0 Å². The molecule has 2 aromatic carbocycles. The average molecular weight is 543 g/mol. The zero-order valence-electron chi connectivity index (χ0n) is 20.5. The molecule has 0 bridgehead atoms. The highest BCUT2D eigenvalue weighted by atomic mass is 35.5. The Morgan fingerprint density at radius 3 is 2.23 bits per heavy atom. The maximum absolute atomic E-state index is 13.3. The lowest BCUT2D eigenvalue weighted by atomic mass is 10.1. The van der Waals surface area contributed by atoms with Crippen molar-refractivity contribution in [2.45, 2.75) is 58.7 Å². The van der Waals surface area contributed by atoms with Crippen LogP contribution in [0.15, 0.2) is 48.5 Å². The summed E-state index contributed by atoms with van der Waals surface area (Å²) < 4.78 is 26.0. The van der Waals surface area contributed by atoms with Gasteiger partial charge in [0.2, 0.25) is 21.8 Å². The summed E-state index contributed by atoms with van der Waals surface area (Å²) in [4.78, 5) is 27.6. The zero-order valence-corrected chi connectivity index (χ0v) is 22.8. The van der Waals surface area contributed by atoms with E-state index in [0.717, 1.165) is 18.2 Å². The fourth-order valence-electron chi connectivity index (χ4n) is 3.47. The summed E-state index contributed by atoms with van der Waals surface area (Å²) in [6, 6.07) is 12.9. The van der Waals surface area contributed by atoms with Crippen LogP contribution < -0.4 is 9.62 Å². The molecule has 2 atom stereocenters. The normalized spacial score (nSPS) is 13.1. The van der Waals surface area contributed by atoms with Crippen molar-refractivity contribution in [1.29, 1.82) is 0 Å². The van der Waals surface area contributed by atoms with Gasteiger partial charge in [-0.2, -0.15) is 0 Å². The lowest BCUT2D eigenvalue weighted by Gasteiger charge is -2.30. The van der Waals surface area contributed by atoms with E-state index in [1.54, 1.807) is 43.3 Å². The van der Waals surface area contributed by atoms with Gasteiger partial charge in [-0.1, -0.05) is 48.3 Å². The zero-order chi connectivity index (χ0) is 26.2. The van der Waals surface area contributed by atoms with Gasteiger partial charge in [0.15, 0.2) is 0 Å². The van der Waals surface area contributed by atoms with Gasteiger partial charge in [-0.25, -0.2) is 8.42 Å². The lowest BCUT2D eigenvalue weighted by molar-refractivity contribution is -0.140. The van der Waals surface area contributed by atoms with E-state index in [4.69, 9.17) is 23.2 Å². The molecule has 2 rings (SSSR count). The second kappa shape index (κ2) is 13.1. The van der Waals surface area contributed by atoms with Crippen LogP contribution in [0.4, 0.5) is 5.69 Å². The number of hydrogen-bond acceptors (Lipinski definition) is 4. The van der Waals surface area contributed by atoms with Crippen LogP contribution in [0.25, 0.3) is 0 Å². The largest absolute Gasteiger partial charge is 0.352 e. The van der Waals surface area contributed by atoms with Crippen molar-refractivity contribution >= 4 is 50.7 Å². The Hall–Kier alpha value is -2.29. The molecular formula is C25H33Cl2N3O4S. The van der Waals surface area contributed by atoms with Gasteiger partial charge in [-0.05, 0) is 62.6 Å². The van der Waals surface area contributed by atoms with E-state index in [0.29, 0.717) is 15.7 Å². The van der Waals surface area contributed by atoms with Crippen molar-refractivity contribution in [3.8, 4) is 0 Å². The quantitative estimate of drug-likeness (QED) is 0.415. The van der Waals surface area contributed by atoms with Crippen LogP contribution in [0, 0.1) is 0 Å². The Morgan fingerprint density at radius 1 is 1.03 bits per heavy atom. The van der Waals surface area contributed by atoms with Gasteiger partial charge in [0.25, 0.3) is 0 Å². The molecule has 0 aliphatic rings. The smallest absolute Gasteiger partial charge is 0.242 e. The molecule has 35 heavy (non-hydrogen) atoms. The number of hydrogen-bond donors (Lipinski definition) is 1. The highest BCUT2D eigenvalue weighted by Gasteiger charge is 2.27. The van der Waals surface area contributed by atoms with Crippen molar-refractivity contribution < 1.29 is 18.0 Å². The van der Waals surface area contributed by atoms with Crippen molar-refractivity contribution in [1.82, 2.24) is 10.2 Å². The first kappa shape index (κ1) is 28.9. The topological polar surface area (TPSA) is 86.8 Å². The Morgan fingerprint density at radius 2 is 1.66 bits per heavy atom. The number of amides is 2. The summed E-state index contributed by atoms with van der Waals surface area (Å²) in [5.74, 6) is -0.514. The molecule has 10 heteroatoms. The van der Waals surface area contributed by atoms with Gasteiger partial charge in [0.05, 0.1) is 11.9 Å². The first-order valence-electron chi connectivity index (χ1n) is 11.5. The molecule has 0 saturated carbocycles. The lowest BCUT2D eigenvalue weighted by Crippen LogP contribution is -2.49. The van der Waals surface area contributed by atoms with Crippen molar-refractivity contribution in [2.75, 3.05) is 17.1 Å². The molecule has 0 radical (unpaired) electrons. The number of sulfonamides is 1. The second-order valence-corrected chi connectivity index (χ2v) is 11.3. The molecule has 1 N–H and O–H groups in total. The summed E-state index contributed by atoms with van der Waals surface area (Å²) in [5.41, 5.74) is 1.20. The highest BCUT2D eigenvalue weighted by Crippen LogP contribution is 2.22. The Kier molecular flexibility index (Phi) is 10.9. The maximum Gasteiger partial charge on any atom is 0.242 e. The van der Waals surface area contributed by atoms with Crippen molar-refractivity contribution in [3.05, 3.63) is 64.1 Å². The Balaban J connectivity index is 2.18. The van der Waals surface area contributed by atoms with E-state index < -0.39 is 16.1 Å². The van der Waals surface area contributed by atoms with Crippen LogP contribution in [0.5, 0.6) is 0 Å². The van der Waals surface area contributed by atoms with Gasteiger partial charge in [-0.3, -0.25) is 13.9 Å². The number of carbonyl (C=O) groups excluding carboxylic acids is 2. The van der Waals surface area contributed by atoms with E-state index >= 15 is 0 Å². The standard InChI is InChI=1S/C25H33Cl2N3O4S/c1-5-18(2)28-25(32)19(3)29(17-20-9-6-7-10-23(20)27)24(31)11-8-16-30(35(4,33)34)22-14-12-21(26)13-15-22/h6-7,9-10,12-15,18-19H,5,8,11,16-17H2,1-4H3,(H,28,32). The van der Waals surface area contributed by atoms with Gasteiger partial charge >= 0.3 is 0 Å². The fourth-order valence-corrected chi connectivity index (χ4v) is 4.76. The predicted octanol–water partition coefficient (Wildman–Crippen LogP) is 4.87. The average Bonchev–Trinajstić information content (AvgIpc) is 2.80. The van der Waals surface area contributed by atoms with Crippen LogP contribution >= 0.6 is 23.2 Å². The van der Waals surface area contributed by atoms with Crippen LogP contribution in [0.1, 0.15) is 45.6 Å². The summed E-state index contributed by atoms with van der Waals surface area (Å²) >= 11 is 12.2. The van der Waals surface area contributed by atoms with E-state index in [9.17, 15) is 18.0 Å². The van der Waals surface area contributed by atoms with Gasteiger partial charge in [0.1, 0.15) is 6.04 Å². The van der Waals surface area contributed by atoms with E-state index in [-0.39, 0.29) is 43.8 Å². The molecule has 0 heterocycles. The summed E-state index contributed by atoms with van der Waals surface area (Å²) in [6.07, 6.45) is 2.22. The molecule has 0 spiro atoms. The summed E-state index contributed by atoms with van der Waals surface area (Å²) in [6.45, 7) is 5.83. The predicted molar refractivity (Wildman–Crippen MR) is 142 cm³/mol. The minimum absolute atomic E-state index is 0.0232. The summed E-state index contributed by atoms with van der Waals surface area (Å²) in [7, 11) is -3.57. The molecule has 0 aliphatic heterocycles. The van der Waals surface area contributed by atoms with E-state index in [2.05, 4.69) is 5.32 Å². The molecule has 192 valence electrons. The fraction of sp³-hybridized carbons (Fsp3) is 0.440. The number of nitrogens with zero attached hydrogens (tertiary/aromatic N) is 2. The van der Waals surface area contributed by atoms with Gasteiger partial charge < -0.3 is 10.2 Å². The molecule has 0 aliphatic carbocycles. The van der Waals surface area contributed by atoms with Crippen LogP contribution in [-0.2, 0) is 26.2 Å². The molecule has 2 amide bonds. The number of rotatable bonds is 12. The minimum Gasteiger partial charge on any atom is -0.352 e. The van der Waals surface area contributed by atoms with Crippen LogP contribution in [0.2, 0.25) is 10.0 Å². The minimum atomic E-state index is -3.57. The Labute approximate surface area is 218 Å². The number of benzene rings is 2. The molecule has 0 aromatic heterocycles. The SMILES string of the molecule is CCC(C)NC(=O)C(C)N(Cc1ccccc1Cl)C(=O)CCCN(c1ccc(Cl)cc1)S(C)(=O)=O. The van der Waals surface area contributed by atoms with Crippen LogP contribution in [-0.4, -0.2) is 50.0 Å². The van der Waals surface area contributed by atoms with Crippen LogP contribution in [0.3, 0.4) is 0 Å². The third-order valence-electron chi connectivity index (χ3n) is 5.73. The summed E-state index contributed by atoms with van der Waals surface area (Å²) in [5, 5.41) is 3.92. The molecule has 2 unspecified atom stereocenters. The number of carbonyl (C=O) groups is 2. The van der Waals surface area contributed by atoms with Crippen molar-refractivity contribution in [3.63, 3.8) is 0 Å². The second-order valence-electron chi connectivity index (χ2n) is 8.52. The highest BCUT2D eigenvalue weighted by molar-refractivity contribution is 7.92. The molecular weight excluding hydrogens is 509 g/mol.